The van der Waals surface area contributed by atoms with Crippen molar-refractivity contribution in [1.82, 2.24) is 0 Å². The maximum atomic E-state index is 9.58. The van der Waals surface area contributed by atoms with E-state index in [4.69, 9.17) is 20.9 Å². The van der Waals surface area contributed by atoms with E-state index in [1.54, 1.807) is 0 Å². The summed E-state index contributed by atoms with van der Waals surface area (Å²) in [6.07, 6.45) is -5.21. The number of hydrogen-bond donors (Lipinski definition) is 3. The van der Waals surface area contributed by atoms with Crippen LogP contribution in [-0.2, 0) is 4.74 Å². The first-order valence-corrected chi connectivity index (χ1v) is 4.36. The number of hydrogen-bond acceptors (Lipinski definition) is 6. The Bertz CT molecular complexity index is 338. The zero-order valence-corrected chi connectivity index (χ0v) is 8.03. The van der Waals surface area contributed by atoms with Crippen LogP contribution in [0, 0.1) is 0 Å². The molecule has 0 amide bonds. The highest BCUT2D eigenvalue weighted by molar-refractivity contribution is 4.95. The summed E-state index contributed by atoms with van der Waals surface area (Å²) in [6.45, 7) is -0.557. The maximum absolute atomic E-state index is 9.58. The Hall–Kier alpha value is -1.54. The van der Waals surface area contributed by atoms with Crippen molar-refractivity contribution in [3.63, 3.8) is 0 Å². The summed E-state index contributed by atoms with van der Waals surface area (Å²) in [6, 6.07) is -1.22. The average molecular weight is 230 g/mol. The van der Waals surface area contributed by atoms with E-state index in [1.807, 2.05) is 0 Å². The van der Waals surface area contributed by atoms with E-state index >= 15 is 0 Å². The third-order valence-electron chi connectivity index (χ3n) is 2.22. The largest absolute Gasteiger partial charge is 0.394 e. The zero-order valence-electron chi connectivity index (χ0n) is 8.03. The monoisotopic (exact) mass is 230 g/mol. The molecule has 10 nitrogen and oxygen atoms in total. The van der Waals surface area contributed by atoms with Gasteiger partial charge in [0.05, 0.1) is 18.8 Å². The predicted octanol–water partition coefficient (Wildman–Crippen LogP) is -0.585. The van der Waals surface area contributed by atoms with Crippen LogP contribution in [0.4, 0.5) is 0 Å². The molecule has 10 heteroatoms. The van der Waals surface area contributed by atoms with Crippen LogP contribution in [0.25, 0.3) is 20.9 Å². The highest BCUT2D eigenvalue weighted by atomic mass is 16.5. The number of azide groups is 2. The minimum Gasteiger partial charge on any atom is -0.394 e. The molecule has 1 aliphatic heterocycles. The summed E-state index contributed by atoms with van der Waals surface area (Å²) in [7, 11) is 0. The van der Waals surface area contributed by atoms with Crippen LogP contribution in [0.2, 0.25) is 0 Å². The lowest BCUT2D eigenvalue weighted by Crippen LogP contribution is -2.57. The molecule has 1 aliphatic rings. The molecular weight excluding hydrogens is 220 g/mol. The number of rotatable bonds is 3. The van der Waals surface area contributed by atoms with Crippen LogP contribution in [0.1, 0.15) is 0 Å². The Morgan fingerprint density at radius 1 is 1.12 bits per heavy atom. The van der Waals surface area contributed by atoms with Crippen molar-refractivity contribution in [2.75, 3.05) is 6.61 Å². The molecule has 1 rings (SSSR count). The van der Waals surface area contributed by atoms with Gasteiger partial charge in [0.2, 0.25) is 0 Å². The third kappa shape index (κ3) is 2.34. The van der Waals surface area contributed by atoms with Crippen molar-refractivity contribution >= 4 is 0 Å². The van der Waals surface area contributed by atoms with E-state index in [1.165, 1.54) is 0 Å². The molecule has 0 aliphatic carbocycles. The van der Waals surface area contributed by atoms with Gasteiger partial charge in [0, 0.05) is 9.82 Å². The van der Waals surface area contributed by atoms with Crippen molar-refractivity contribution in [2.24, 2.45) is 10.2 Å². The van der Waals surface area contributed by atoms with Gasteiger partial charge < -0.3 is 20.1 Å². The smallest absolute Gasteiger partial charge is 0.148 e. The highest BCUT2D eigenvalue weighted by Crippen LogP contribution is 2.24. The fraction of sp³-hybridized carbons (Fsp3) is 1.00. The van der Waals surface area contributed by atoms with Crippen molar-refractivity contribution in [1.29, 1.82) is 0 Å². The predicted molar refractivity (Wildman–Crippen MR) is 49.8 cm³/mol. The van der Waals surface area contributed by atoms with E-state index in [0.29, 0.717) is 0 Å². The molecule has 1 saturated heterocycles. The molecule has 5 atom stereocenters. The summed E-state index contributed by atoms with van der Waals surface area (Å²) in [5, 5.41) is 34.3. The molecule has 0 aromatic rings. The van der Waals surface area contributed by atoms with Crippen molar-refractivity contribution in [2.45, 2.75) is 30.6 Å². The molecular formula is C6H10N6O4. The van der Waals surface area contributed by atoms with Gasteiger partial charge in [-0.25, -0.2) is 0 Å². The Morgan fingerprint density at radius 3 is 2.25 bits per heavy atom. The average Bonchev–Trinajstić information content (AvgIpc) is 2.28. The van der Waals surface area contributed by atoms with Gasteiger partial charge in [-0.3, -0.25) is 0 Å². The Morgan fingerprint density at radius 2 is 1.75 bits per heavy atom. The van der Waals surface area contributed by atoms with Gasteiger partial charge in [-0.1, -0.05) is 10.2 Å². The second-order valence-electron chi connectivity index (χ2n) is 3.13. The van der Waals surface area contributed by atoms with Gasteiger partial charge in [-0.2, -0.15) is 0 Å². The number of aliphatic hydroxyl groups is 3. The van der Waals surface area contributed by atoms with Gasteiger partial charge in [0.15, 0.2) is 0 Å². The standard InChI is InChI=1S/C6H10N6O4/c7-11-9-3-5(15)4(14)2(1-13)16-6(3)10-12-8/h2-6,13-15H,1H2/t2-,3-,4-,5-,6-/m1/s1. The Labute approximate surface area is 89.3 Å². The van der Waals surface area contributed by atoms with Crippen molar-refractivity contribution < 1.29 is 20.1 Å². The van der Waals surface area contributed by atoms with Gasteiger partial charge in [0.1, 0.15) is 18.4 Å². The van der Waals surface area contributed by atoms with Gasteiger partial charge in [-0.15, -0.1) is 0 Å². The second kappa shape index (κ2) is 5.52. The molecule has 0 aromatic heterocycles. The summed E-state index contributed by atoms with van der Waals surface area (Å²) in [4.78, 5) is 4.92. The van der Waals surface area contributed by atoms with Gasteiger partial charge in [-0.05, 0) is 11.1 Å². The zero-order chi connectivity index (χ0) is 12.1. The molecule has 1 fully saturated rings. The van der Waals surface area contributed by atoms with E-state index in [-0.39, 0.29) is 0 Å². The first kappa shape index (κ1) is 12.5. The molecule has 0 spiro atoms. The molecule has 88 valence electrons. The van der Waals surface area contributed by atoms with Crippen molar-refractivity contribution in [3.05, 3.63) is 20.9 Å². The lowest BCUT2D eigenvalue weighted by atomic mass is 9.97. The van der Waals surface area contributed by atoms with Crippen LogP contribution in [0.3, 0.4) is 0 Å². The van der Waals surface area contributed by atoms with E-state index in [9.17, 15) is 10.2 Å². The number of aliphatic hydroxyl groups excluding tert-OH is 3. The molecule has 16 heavy (non-hydrogen) atoms. The molecule has 0 aromatic carbocycles. The first-order valence-electron chi connectivity index (χ1n) is 4.36. The highest BCUT2D eigenvalue weighted by Gasteiger charge is 2.43. The molecule has 3 N–H and O–H groups in total. The van der Waals surface area contributed by atoms with Crippen LogP contribution in [-0.4, -0.2) is 52.5 Å². The van der Waals surface area contributed by atoms with E-state index in [2.05, 4.69) is 20.1 Å². The summed E-state index contributed by atoms with van der Waals surface area (Å²) in [5.74, 6) is 0. The van der Waals surface area contributed by atoms with Gasteiger partial charge in [0.25, 0.3) is 0 Å². The van der Waals surface area contributed by atoms with E-state index in [0.717, 1.165) is 0 Å². The van der Waals surface area contributed by atoms with Crippen LogP contribution >= 0.6 is 0 Å². The Kier molecular flexibility index (Phi) is 4.32. The molecule has 0 radical (unpaired) electrons. The summed E-state index contributed by atoms with van der Waals surface area (Å²) < 4.78 is 4.98. The molecule has 1 heterocycles. The lowest BCUT2D eigenvalue weighted by Gasteiger charge is -2.38. The van der Waals surface area contributed by atoms with Crippen molar-refractivity contribution in [3.8, 4) is 0 Å². The summed E-state index contributed by atoms with van der Waals surface area (Å²) >= 11 is 0. The second-order valence-corrected chi connectivity index (χ2v) is 3.13. The Balaban J connectivity index is 2.96. The van der Waals surface area contributed by atoms with Crippen LogP contribution < -0.4 is 0 Å². The third-order valence-corrected chi connectivity index (χ3v) is 2.22. The van der Waals surface area contributed by atoms with Crippen LogP contribution in [0.15, 0.2) is 10.2 Å². The fourth-order valence-corrected chi connectivity index (χ4v) is 1.41. The fourth-order valence-electron chi connectivity index (χ4n) is 1.41. The first-order chi connectivity index (χ1) is 7.65. The normalized spacial score (nSPS) is 38.3. The quantitative estimate of drug-likeness (QED) is 0.335. The van der Waals surface area contributed by atoms with Gasteiger partial charge >= 0.3 is 0 Å². The summed E-state index contributed by atoms with van der Waals surface area (Å²) in [5.41, 5.74) is 16.5. The molecule has 0 bridgehead atoms. The van der Waals surface area contributed by atoms with Crippen LogP contribution in [0.5, 0.6) is 0 Å². The van der Waals surface area contributed by atoms with E-state index < -0.39 is 37.2 Å². The SMILES string of the molecule is [N-]=[N+]=N[C@@H]1[C@@H](O)[C@H](O)[C@@H](CO)O[C@H]1N=[N+]=[N-]. The topological polar surface area (TPSA) is 167 Å². The molecule has 0 saturated carbocycles. The maximum Gasteiger partial charge on any atom is 0.148 e. The number of ether oxygens (including phenoxy) is 1. The number of nitrogens with zero attached hydrogens (tertiary/aromatic N) is 6. The molecule has 0 unspecified atom stereocenters. The lowest BCUT2D eigenvalue weighted by molar-refractivity contribution is -0.186. The minimum atomic E-state index is -1.46. The minimum absolute atomic E-state index is 0.557.